The summed E-state index contributed by atoms with van der Waals surface area (Å²) in [5.74, 6) is -0.926. The molecule has 1 fully saturated rings. The zero-order valence-electron chi connectivity index (χ0n) is 13.3. The van der Waals surface area contributed by atoms with E-state index in [0.717, 1.165) is 12.1 Å². The molecule has 1 aliphatic rings. The highest BCUT2D eigenvalue weighted by Gasteiger charge is 2.27. The molecule has 2 rings (SSSR count). The molecule has 0 unspecified atom stereocenters. The molecule has 0 saturated carbocycles. The van der Waals surface area contributed by atoms with Crippen LogP contribution in [0.2, 0.25) is 0 Å². The topological polar surface area (TPSA) is 95.6 Å². The highest BCUT2D eigenvalue weighted by Crippen LogP contribution is 2.23. The summed E-state index contributed by atoms with van der Waals surface area (Å²) in [4.78, 5) is -0.190. The van der Waals surface area contributed by atoms with Crippen molar-refractivity contribution in [3.8, 4) is 0 Å². The van der Waals surface area contributed by atoms with Crippen LogP contribution in [-0.4, -0.2) is 52.6 Å². The van der Waals surface area contributed by atoms with E-state index in [-0.39, 0.29) is 23.0 Å². The highest BCUT2D eigenvalue weighted by atomic mass is 35.5. The van der Waals surface area contributed by atoms with Gasteiger partial charge in [0.15, 0.2) is 0 Å². The van der Waals surface area contributed by atoms with Gasteiger partial charge in [-0.15, -0.1) is 12.4 Å². The number of benzene rings is 1. The third-order valence-electron chi connectivity index (χ3n) is 3.53. The zero-order valence-corrected chi connectivity index (χ0v) is 15.8. The Labute approximate surface area is 148 Å². The molecule has 1 aliphatic heterocycles. The molecule has 0 amide bonds. The van der Waals surface area contributed by atoms with E-state index < -0.39 is 31.1 Å². The van der Waals surface area contributed by atoms with Crippen LogP contribution in [-0.2, 0) is 20.0 Å². The summed E-state index contributed by atoms with van der Waals surface area (Å²) in [6.45, 7) is 4.62. The van der Waals surface area contributed by atoms with Crippen LogP contribution in [0.25, 0.3) is 0 Å². The maximum Gasteiger partial charge on any atom is 0.243 e. The van der Waals surface area contributed by atoms with Gasteiger partial charge in [-0.2, -0.15) is 4.31 Å². The number of halogens is 2. The average molecular weight is 402 g/mol. The van der Waals surface area contributed by atoms with Gasteiger partial charge in [0.05, 0.1) is 15.8 Å². The first-order valence-corrected chi connectivity index (χ1v) is 10.2. The third-order valence-corrected chi connectivity index (χ3v) is 7.17. The van der Waals surface area contributed by atoms with Gasteiger partial charge in [-0.05, 0) is 32.0 Å². The van der Waals surface area contributed by atoms with Gasteiger partial charge in [0, 0.05) is 26.2 Å². The second-order valence-electron chi connectivity index (χ2n) is 5.49. The van der Waals surface area contributed by atoms with Crippen LogP contribution < -0.4 is 10.0 Å². The quantitative estimate of drug-likeness (QED) is 0.767. The van der Waals surface area contributed by atoms with E-state index in [0.29, 0.717) is 26.2 Å². The normalized spacial score (nSPS) is 16.7. The van der Waals surface area contributed by atoms with Crippen molar-refractivity contribution in [2.75, 3.05) is 30.9 Å². The van der Waals surface area contributed by atoms with Crippen molar-refractivity contribution < 1.29 is 21.2 Å². The molecule has 0 radical (unpaired) electrons. The van der Waals surface area contributed by atoms with E-state index in [1.807, 2.05) is 0 Å². The summed E-state index contributed by atoms with van der Waals surface area (Å²) in [6, 6.07) is 3.18. The lowest BCUT2D eigenvalue weighted by atomic mass is 10.3. The standard InChI is InChI=1S/C13H20FN3O4S2.ClH/c1-10(2)22(18,19)16-13-4-3-11(9-12(13)14)23(20,21)17-7-5-15-6-8-17;/h3-4,9-10,15-16H,5-8H2,1-2H3;1H. The Morgan fingerprint density at radius 1 is 1.17 bits per heavy atom. The molecule has 1 aromatic rings. The first-order valence-electron chi connectivity index (χ1n) is 7.16. The van der Waals surface area contributed by atoms with Crippen molar-refractivity contribution >= 4 is 38.1 Å². The number of sulfonamides is 2. The Morgan fingerprint density at radius 2 is 1.75 bits per heavy atom. The third kappa shape index (κ3) is 4.57. The molecule has 1 aromatic carbocycles. The van der Waals surface area contributed by atoms with E-state index in [1.165, 1.54) is 24.2 Å². The molecule has 0 atom stereocenters. The predicted octanol–water partition coefficient (Wildman–Crippen LogP) is 0.991. The summed E-state index contributed by atoms with van der Waals surface area (Å²) < 4.78 is 65.9. The second-order valence-corrected chi connectivity index (χ2v) is 9.67. The Balaban J connectivity index is 0.00000288. The van der Waals surface area contributed by atoms with Crippen molar-refractivity contribution in [1.82, 2.24) is 9.62 Å². The molecule has 11 heteroatoms. The summed E-state index contributed by atoms with van der Waals surface area (Å²) in [6.07, 6.45) is 0. The second kappa shape index (κ2) is 7.96. The van der Waals surface area contributed by atoms with Crippen molar-refractivity contribution in [1.29, 1.82) is 0 Å². The van der Waals surface area contributed by atoms with Gasteiger partial charge in [-0.1, -0.05) is 0 Å². The van der Waals surface area contributed by atoms with E-state index in [1.54, 1.807) is 0 Å². The van der Waals surface area contributed by atoms with E-state index in [4.69, 9.17) is 0 Å². The van der Waals surface area contributed by atoms with Gasteiger partial charge >= 0.3 is 0 Å². The SMILES string of the molecule is CC(C)S(=O)(=O)Nc1ccc(S(=O)(=O)N2CCNCC2)cc1F.Cl. The average Bonchev–Trinajstić information content (AvgIpc) is 2.49. The first kappa shape index (κ1) is 21.1. The maximum atomic E-state index is 14.1. The van der Waals surface area contributed by atoms with Crippen molar-refractivity contribution in [2.24, 2.45) is 0 Å². The lowest BCUT2D eigenvalue weighted by Gasteiger charge is -2.26. The summed E-state index contributed by atoms with van der Waals surface area (Å²) in [5, 5.41) is 2.31. The smallest absolute Gasteiger partial charge is 0.243 e. The Morgan fingerprint density at radius 3 is 2.25 bits per heavy atom. The van der Waals surface area contributed by atoms with Crippen molar-refractivity contribution in [3.63, 3.8) is 0 Å². The number of nitrogens with zero attached hydrogens (tertiary/aromatic N) is 1. The van der Waals surface area contributed by atoms with Crippen LogP contribution in [0.4, 0.5) is 10.1 Å². The Bertz CT molecular complexity index is 778. The molecule has 7 nitrogen and oxygen atoms in total. The van der Waals surface area contributed by atoms with Gasteiger partial charge in [-0.3, -0.25) is 4.72 Å². The van der Waals surface area contributed by atoms with Crippen LogP contribution in [0.15, 0.2) is 23.1 Å². The van der Waals surface area contributed by atoms with Gasteiger partial charge in [0.2, 0.25) is 20.0 Å². The maximum absolute atomic E-state index is 14.1. The zero-order chi connectivity index (χ0) is 17.3. The number of hydrogen-bond donors (Lipinski definition) is 2. The molecule has 1 saturated heterocycles. The first-order chi connectivity index (χ1) is 10.6. The molecule has 24 heavy (non-hydrogen) atoms. The fraction of sp³-hybridized carbons (Fsp3) is 0.538. The largest absolute Gasteiger partial charge is 0.314 e. The number of rotatable bonds is 5. The molecule has 0 aromatic heterocycles. The van der Waals surface area contributed by atoms with Gasteiger partial charge in [0.25, 0.3) is 0 Å². The minimum atomic E-state index is -3.79. The molecular formula is C13H21ClFN3O4S2. The van der Waals surface area contributed by atoms with Crippen molar-refractivity contribution in [3.05, 3.63) is 24.0 Å². The number of nitrogens with one attached hydrogen (secondary N) is 2. The molecule has 2 N–H and O–H groups in total. The summed E-state index contributed by atoms with van der Waals surface area (Å²) in [7, 11) is -7.49. The van der Waals surface area contributed by atoms with Crippen LogP contribution in [0.1, 0.15) is 13.8 Å². The minimum Gasteiger partial charge on any atom is -0.314 e. The molecule has 0 aliphatic carbocycles. The van der Waals surface area contributed by atoms with Crippen LogP contribution >= 0.6 is 12.4 Å². The molecular weight excluding hydrogens is 381 g/mol. The minimum absolute atomic E-state index is 0. The number of anilines is 1. The lowest BCUT2D eigenvalue weighted by molar-refractivity contribution is 0.360. The van der Waals surface area contributed by atoms with E-state index in [2.05, 4.69) is 10.0 Å². The molecule has 0 bridgehead atoms. The lowest BCUT2D eigenvalue weighted by Crippen LogP contribution is -2.46. The molecule has 1 heterocycles. The van der Waals surface area contributed by atoms with E-state index >= 15 is 0 Å². The fourth-order valence-electron chi connectivity index (χ4n) is 2.04. The fourth-order valence-corrected chi connectivity index (χ4v) is 4.21. The van der Waals surface area contributed by atoms with Crippen LogP contribution in [0.5, 0.6) is 0 Å². The number of piperazine rings is 1. The van der Waals surface area contributed by atoms with Crippen molar-refractivity contribution in [2.45, 2.75) is 24.0 Å². The van der Waals surface area contributed by atoms with E-state index in [9.17, 15) is 21.2 Å². The monoisotopic (exact) mass is 401 g/mol. The van der Waals surface area contributed by atoms with Crippen LogP contribution in [0, 0.1) is 5.82 Å². The summed E-state index contributed by atoms with van der Waals surface area (Å²) in [5.41, 5.74) is -0.266. The van der Waals surface area contributed by atoms with Gasteiger partial charge in [-0.25, -0.2) is 21.2 Å². The summed E-state index contributed by atoms with van der Waals surface area (Å²) >= 11 is 0. The van der Waals surface area contributed by atoms with Gasteiger partial charge < -0.3 is 5.32 Å². The van der Waals surface area contributed by atoms with Crippen LogP contribution in [0.3, 0.4) is 0 Å². The van der Waals surface area contributed by atoms with Gasteiger partial charge in [0.1, 0.15) is 5.82 Å². The molecule has 138 valence electrons. The Hall–Kier alpha value is -0.940. The highest BCUT2D eigenvalue weighted by molar-refractivity contribution is 7.93. The Kier molecular flexibility index (Phi) is 7.00. The molecule has 0 spiro atoms. The predicted molar refractivity (Wildman–Crippen MR) is 93.0 cm³/mol. The number of hydrogen-bond acceptors (Lipinski definition) is 5.